The molecular weight excluding hydrogens is 400 g/mol. The van der Waals surface area contributed by atoms with Crippen LogP contribution < -0.4 is 0 Å². The minimum atomic E-state index is -0.0908. The van der Waals surface area contributed by atoms with Crippen molar-refractivity contribution in [3.05, 3.63) is 12.7 Å². The molecule has 0 N–H and O–H groups in total. The molecule has 1 aliphatic heterocycles. The topological polar surface area (TPSA) is 64.6 Å². The van der Waals surface area contributed by atoms with Gasteiger partial charge in [0.2, 0.25) is 0 Å². The molecule has 0 aromatic rings. The maximum Gasteiger partial charge on any atom is 0.104 e. The van der Waals surface area contributed by atoms with Gasteiger partial charge in [0, 0.05) is 6.61 Å². The van der Waals surface area contributed by atoms with Gasteiger partial charge in [0.15, 0.2) is 0 Å². The molecule has 0 aromatic heterocycles. The molecule has 1 fully saturated rings. The molecule has 0 aliphatic carbocycles. The minimum absolute atomic E-state index is 0.0908. The van der Waals surface area contributed by atoms with Crippen molar-refractivity contribution < 1.29 is 33.2 Å². The molecule has 0 saturated carbocycles. The Morgan fingerprint density at radius 2 is 1.10 bits per heavy atom. The second kappa shape index (κ2) is 24.1. The fraction of sp³-hybridized carbons (Fsp3) is 0.917. The molecule has 1 aliphatic rings. The van der Waals surface area contributed by atoms with Crippen LogP contribution in [0.5, 0.6) is 0 Å². The Hall–Kier alpha value is -0.540. The highest BCUT2D eigenvalue weighted by molar-refractivity contribution is 4.65. The van der Waals surface area contributed by atoms with Crippen LogP contribution in [0, 0.1) is 0 Å². The van der Waals surface area contributed by atoms with Crippen molar-refractivity contribution in [3.63, 3.8) is 0 Å². The van der Waals surface area contributed by atoms with E-state index in [1.54, 1.807) is 0 Å². The molecule has 1 unspecified atom stereocenters. The molecule has 1 saturated heterocycles. The lowest BCUT2D eigenvalue weighted by Gasteiger charge is -2.19. The van der Waals surface area contributed by atoms with Gasteiger partial charge in [-0.2, -0.15) is 0 Å². The van der Waals surface area contributed by atoms with Gasteiger partial charge in [0.25, 0.3) is 0 Å². The summed E-state index contributed by atoms with van der Waals surface area (Å²) in [4.78, 5) is 0. The summed E-state index contributed by atoms with van der Waals surface area (Å²) in [5.74, 6) is 0. The van der Waals surface area contributed by atoms with Gasteiger partial charge in [0.1, 0.15) is 6.10 Å². The smallest absolute Gasteiger partial charge is 0.104 e. The fourth-order valence-corrected chi connectivity index (χ4v) is 3.10. The molecule has 7 heteroatoms. The SMILES string of the molecule is C=CCCCCCCCCCOCC1COCCOCCOCCOCCOCCO1. The zero-order valence-corrected chi connectivity index (χ0v) is 19.6. The van der Waals surface area contributed by atoms with Crippen LogP contribution in [0.2, 0.25) is 0 Å². The molecule has 1 rings (SSSR count). The third kappa shape index (κ3) is 21.1. The first-order valence-corrected chi connectivity index (χ1v) is 12.1. The largest absolute Gasteiger partial charge is 0.379 e. The van der Waals surface area contributed by atoms with Crippen LogP contribution in [0.3, 0.4) is 0 Å². The summed E-state index contributed by atoms with van der Waals surface area (Å²) < 4.78 is 39.4. The van der Waals surface area contributed by atoms with Gasteiger partial charge < -0.3 is 33.2 Å². The Labute approximate surface area is 189 Å². The number of hydrogen-bond donors (Lipinski definition) is 0. The van der Waals surface area contributed by atoms with Gasteiger partial charge in [0.05, 0.1) is 79.3 Å². The lowest BCUT2D eigenvalue weighted by Crippen LogP contribution is -2.28. The van der Waals surface area contributed by atoms with Crippen molar-refractivity contribution in [2.45, 2.75) is 57.5 Å². The third-order valence-electron chi connectivity index (χ3n) is 4.87. The van der Waals surface area contributed by atoms with E-state index in [9.17, 15) is 0 Å². The van der Waals surface area contributed by atoms with Gasteiger partial charge in [-0.1, -0.05) is 38.2 Å². The fourth-order valence-electron chi connectivity index (χ4n) is 3.10. The van der Waals surface area contributed by atoms with Gasteiger partial charge >= 0.3 is 0 Å². The summed E-state index contributed by atoms with van der Waals surface area (Å²) in [6, 6.07) is 0. The van der Waals surface area contributed by atoms with Crippen molar-refractivity contribution in [2.24, 2.45) is 0 Å². The van der Waals surface area contributed by atoms with Crippen molar-refractivity contribution in [1.29, 1.82) is 0 Å². The van der Waals surface area contributed by atoms with E-state index in [1.807, 2.05) is 6.08 Å². The highest BCUT2D eigenvalue weighted by Gasteiger charge is 2.10. The Kier molecular flexibility index (Phi) is 22.2. The van der Waals surface area contributed by atoms with Crippen molar-refractivity contribution in [2.75, 3.05) is 85.9 Å². The maximum atomic E-state index is 5.90. The summed E-state index contributed by atoms with van der Waals surface area (Å²) in [7, 11) is 0. The Morgan fingerprint density at radius 3 is 1.68 bits per heavy atom. The number of hydrogen-bond acceptors (Lipinski definition) is 7. The zero-order valence-electron chi connectivity index (χ0n) is 19.6. The predicted molar refractivity (Wildman–Crippen MR) is 122 cm³/mol. The van der Waals surface area contributed by atoms with Crippen LogP contribution in [0.25, 0.3) is 0 Å². The summed E-state index contributed by atoms with van der Waals surface area (Å²) in [6.07, 6.45) is 11.9. The van der Waals surface area contributed by atoms with E-state index in [0.717, 1.165) is 19.4 Å². The highest BCUT2D eigenvalue weighted by atomic mass is 16.6. The summed E-state index contributed by atoms with van der Waals surface area (Å²) in [5, 5.41) is 0. The molecule has 184 valence electrons. The predicted octanol–water partition coefficient (Wildman–Crippen LogP) is 3.79. The van der Waals surface area contributed by atoms with Crippen molar-refractivity contribution >= 4 is 0 Å². The number of unbranched alkanes of at least 4 members (excludes halogenated alkanes) is 7. The highest BCUT2D eigenvalue weighted by Crippen LogP contribution is 2.09. The number of ether oxygens (including phenoxy) is 7. The van der Waals surface area contributed by atoms with E-state index >= 15 is 0 Å². The maximum absolute atomic E-state index is 5.90. The van der Waals surface area contributed by atoms with E-state index in [4.69, 9.17) is 33.2 Å². The summed E-state index contributed by atoms with van der Waals surface area (Å²) in [5.41, 5.74) is 0. The second-order valence-corrected chi connectivity index (χ2v) is 7.64. The van der Waals surface area contributed by atoms with Crippen LogP contribution >= 0.6 is 0 Å². The molecule has 31 heavy (non-hydrogen) atoms. The quantitative estimate of drug-likeness (QED) is 0.334. The van der Waals surface area contributed by atoms with Crippen LogP contribution in [0.1, 0.15) is 51.4 Å². The van der Waals surface area contributed by atoms with Crippen LogP contribution in [0.15, 0.2) is 12.7 Å². The first-order chi connectivity index (χ1) is 15.4. The van der Waals surface area contributed by atoms with E-state index < -0.39 is 0 Å². The summed E-state index contributed by atoms with van der Waals surface area (Å²) >= 11 is 0. The van der Waals surface area contributed by atoms with E-state index in [2.05, 4.69) is 6.58 Å². The van der Waals surface area contributed by atoms with Gasteiger partial charge in [-0.3, -0.25) is 0 Å². The molecule has 0 radical (unpaired) electrons. The molecule has 0 spiro atoms. The molecule has 1 heterocycles. The number of allylic oxidation sites excluding steroid dienone is 1. The minimum Gasteiger partial charge on any atom is -0.379 e. The first kappa shape index (κ1) is 28.5. The summed E-state index contributed by atoms with van der Waals surface area (Å²) in [6.45, 7) is 11.1. The molecule has 0 bridgehead atoms. The average molecular weight is 447 g/mol. The monoisotopic (exact) mass is 446 g/mol. The Bertz CT molecular complexity index is 350. The van der Waals surface area contributed by atoms with E-state index in [0.29, 0.717) is 79.3 Å². The Balaban J connectivity index is 2.09. The van der Waals surface area contributed by atoms with Gasteiger partial charge in [-0.15, -0.1) is 6.58 Å². The standard InChI is InChI=1S/C24H46O7/c1-2-3-4-5-6-7-8-9-10-11-29-22-24-23-30-19-18-27-15-14-25-12-13-26-16-17-28-20-21-31-24/h2,24H,1,3-23H2. The Morgan fingerprint density at radius 1 is 0.613 bits per heavy atom. The van der Waals surface area contributed by atoms with Crippen LogP contribution in [-0.2, 0) is 33.2 Å². The van der Waals surface area contributed by atoms with Crippen molar-refractivity contribution in [1.82, 2.24) is 0 Å². The van der Waals surface area contributed by atoms with E-state index in [-0.39, 0.29) is 6.10 Å². The number of rotatable bonds is 12. The molecule has 1 atom stereocenters. The second-order valence-electron chi connectivity index (χ2n) is 7.64. The lowest BCUT2D eigenvalue weighted by atomic mass is 10.1. The normalized spacial score (nSPS) is 21.2. The van der Waals surface area contributed by atoms with Crippen molar-refractivity contribution in [3.8, 4) is 0 Å². The van der Waals surface area contributed by atoms with Crippen LogP contribution in [0.4, 0.5) is 0 Å². The molecule has 0 amide bonds. The zero-order chi connectivity index (χ0) is 22.1. The average Bonchev–Trinajstić information content (AvgIpc) is 2.78. The third-order valence-corrected chi connectivity index (χ3v) is 4.87. The van der Waals surface area contributed by atoms with Crippen LogP contribution in [-0.4, -0.2) is 92.0 Å². The van der Waals surface area contributed by atoms with Gasteiger partial charge in [-0.25, -0.2) is 0 Å². The molecular formula is C24H46O7. The van der Waals surface area contributed by atoms with E-state index in [1.165, 1.54) is 38.5 Å². The molecule has 0 aromatic carbocycles. The molecule has 7 nitrogen and oxygen atoms in total. The first-order valence-electron chi connectivity index (χ1n) is 12.1. The van der Waals surface area contributed by atoms with Gasteiger partial charge in [-0.05, 0) is 19.3 Å². The lowest BCUT2D eigenvalue weighted by molar-refractivity contribution is -0.0846.